The number of hydrogen-bond acceptors (Lipinski definition) is 7. The lowest BCUT2D eigenvalue weighted by molar-refractivity contribution is 0.102. The molecule has 1 aliphatic rings. The van der Waals surface area contributed by atoms with Gasteiger partial charge in [0.05, 0.1) is 11.9 Å². The molecule has 1 saturated heterocycles. The van der Waals surface area contributed by atoms with Crippen LogP contribution in [0, 0.1) is 0 Å². The number of aromatic nitrogens is 1. The number of carbonyl (C=O) groups is 1. The zero-order valence-corrected chi connectivity index (χ0v) is 19.1. The molecule has 2 heterocycles. The van der Waals surface area contributed by atoms with Crippen LogP contribution in [0.3, 0.4) is 0 Å². The van der Waals surface area contributed by atoms with Crippen molar-refractivity contribution in [1.82, 2.24) is 14.2 Å². The van der Waals surface area contributed by atoms with Crippen molar-refractivity contribution in [3.05, 3.63) is 40.9 Å². The summed E-state index contributed by atoms with van der Waals surface area (Å²) in [6, 6.07) is 5.53. The summed E-state index contributed by atoms with van der Waals surface area (Å²) in [7, 11) is -3.15. The Labute approximate surface area is 181 Å². The highest BCUT2D eigenvalue weighted by Gasteiger charge is 2.25. The molecule has 0 bridgehead atoms. The van der Waals surface area contributed by atoms with Gasteiger partial charge in [0.1, 0.15) is 5.75 Å². The van der Waals surface area contributed by atoms with Crippen LogP contribution in [0.4, 0.5) is 5.13 Å². The summed E-state index contributed by atoms with van der Waals surface area (Å²) in [6.45, 7) is 8.42. The lowest BCUT2D eigenvalue weighted by Crippen LogP contribution is -2.48. The molecule has 0 aliphatic carbocycles. The van der Waals surface area contributed by atoms with Crippen LogP contribution in [0.1, 0.15) is 36.7 Å². The van der Waals surface area contributed by atoms with Gasteiger partial charge in [0.15, 0.2) is 5.13 Å². The molecule has 1 N–H and O–H groups in total. The second-order valence-corrected chi connectivity index (χ2v) is 10.6. The Kier molecular flexibility index (Phi) is 7.45. The van der Waals surface area contributed by atoms with Crippen molar-refractivity contribution in [2.75, 3.05) is 37.2 Å². The molecule has 0 saturated carbocycles. The molecular formula is C20H28N4O4S2. The Balaban J connectivity index is 1.73. The van der Waals surface area contributed by atoms with E-state index in [0.29, 0.717) is 49.2 Å². The predicted molar refractivity (Wildman–Crippen MR) is 119 cm³/mol. The topological polar surface area (TPSA) is 91.8 Å². The molecule has 0 atom stereocenters. The fourth-order valence-electron chi connectivity index (χ4n) is 3.28. The van der Waals surface area contributed by atoms with Gasteiger partial charge in [-0.15, -0.1) is 11.3 Å². The second kappa shape index (κ2) is 9.86. The van der Waals surface area contributed by atoms with Crippen molar-refractivity contribution in [1.29, 1.82) is 0 Å². The van der Waals surface area contributed by atoms with Gasteiger partial charge in [-0.25, -0.2) is 13.4 Å². The highest BCUT2D eigenvalue weighted by Crippen LogP contribution is 2.22. The smallest absolute Gasteiger partial charge is 0.257 e. The summed E-state index contributed by atoms with van der Waals surface area (Å²) >= 11 is 1.36. The molecule has 1 amide bonds. The second-order valence-electron chi connectivity index (χ2n) is 7.40. The quantitative estimate of drug-likeness (QED) is 0.662. The van der Waals surface area contributed by atoms with Crippen LogP contribution in [0.5, 0.6) is 5.75 Å². The monoisotopic (exact) mass is 452 g/mol. The number of sulfonamides is 1. The van der Waals surface area contributed by atoms with Gasteiger partial charge in [0.25, 0.3) is 5.91 Å². The van der Waals surface area contributed by atoms with Gasteiger partial charge in [-0.1, -0.05) is 0 Å². The normalized spacial score (nSPS) is 16.0. The number of thiazole rings is 1. The average Bonchev–Trinajstić information content (AvgIpc) is 3.20. The molecule has 10 heteroatoms. The molecule has 30 heavy (non-hydrogen) atoms. The van der Waals surface area contributed by atoms with E-state index in [4.69, 9.17) is 4.74 Å². The third-order valence-corrected chi connectivity index (χ3v) is 7.32. The molecule has 2 aromatic rings. The van der Waals surface area contributed by atoms with E-state index >= 15 is 0 Å². The first-order valence-electron chi connectivity index (χ1n) is 9.98. The molecule has 3 rings (SSSR count). The first-order chi connectivity index (χ1) is 14.3. The maximum atomic E-state index is 12.7. The lowest BCUT2D eigenvalue weighted by Gasteiger charge is -2.33. The zero-order valence-electron chi connectivity index (χ0n) is 17.5. The number of nitrogens with zero attached hydrogens (tertiary/aromatic N) is 3. The van der Waals surface area contributed by atoms with E-state index in [-0.39, 0.29) is 17.8 Å². The summed E-state index contributed by atoms with van der Waals surface area (Å²) in [4.78, 5) is 19.0. The molecule has 164 valence electrons. The van der Waals surface area contributed by atoms with Gasteiger partial charge in [0, 0.05) is 49.9 Å². The fourth-order valence-corrected chi connectivity index (χ4v) is 4.89. The van der Waals surface area contributed by atoms with Crippen molar-refractivity contribution in [3.63, 3.8) is 0 Å². The molecule has 1 aromatic heterocycles. The molecule has 0 spiro atoms. The number of rotatable bonds is 8. The summed E-state index contributed by atoms with van der Waals surface area (Å²) in [5, 5.41) is 5.15. The number of ether oxygens (including phenoxy) is 1. The highest BCUT2D eigenvalue weighted by molar-refractivity contribution is 7.89. The van der Waals surface area contributed by atoms with Gasteiger partial charge in [-0.2, -0.15) is 4.31 Å². The largest absolute Gasteiger partial charge is 0.491 e. The number of nitrogens with one attached hydrogen (secondary N) is 1. The minimum atomic E-state index is -3.15. The van der Waals surface area contributed by atoms with Gasteiger partial charge >= 0.3 is 0 Å². The molecule has 8 nitrogen and oxygen atoms in total. The molecular weight excluding hydrogens is 424 g/mol. The Morgan fingerprint density at radius 1 is 1.23 bits per heavy atom. The average molecular weight is 453 g/mol. The van der Waals surface area contributed by atoms with E-state index < -0.39 is 10.0 Å². The Hall–Kier alpha value is -2.01. The first kappa shape index (κ1) is 22.7. The van der Waals surface area contributed by atoms with Crippen LogP contribution in [-0.4, -0.2) is 66.5 Å². The van der Waals surface area contributed by atoms with E-state index in [9.17, 15) is 13.2 Å². The van der Waals surface area contributed by atoms with Gasteiger partial charge < -0.3 is 4.74 Å². The number of benzene rings is 1. The van der Waals surface area contributed by atoms with Crippen LogP contribution in [0.25, 0.3) is 0 Å². The first-order valence-corrected chi connectivity index (χ1v) is 12.5. The minimum Gasteiger partial charge on any atom is -0.491 e. The number of anilines is 1. The van der Waals surface area contributed by atoms with Crippen LogP contribution in [-0.2, 0) is 16.6 Å². The molecule has 0 radical (unpaired) electrons. The van der Waals surface area contributed by atoms with Crippen LogP contribution in [0.2, 0.25) is 0 Å². The van der Waals surface area contributed by atoms with E-state index in [1.54, 1.807) is 28.9 Å². The number of carbonyl (C=O) groups excluding carboxylic acids is 1. The van der Waals surface area contributed by atoms with Crippen molar-refractivity contribution in [3.8, 4) is 5.75 Å². The summed E-state index contributed by atoms with van der Waals surface area (Å²) < 4.78 is 31.5. The van der Waals surface area contributed by atoms with Crippen LogP contribution >= 0.6 is 11.3 Å². The fraction of sp³-hybridized carbons (Fsp3) is 0.500. The number of piperazine rings is 1. The van der Waals surface area contributed by atoms with Crippen molar-refractivity contribution < 1.29 is 17.9 Å². The SMILES string of the molecule is CCS(=O)(=O)N1CCN(Cc2cc(OC(C)C)cc(C(=O)Nc3nccs3)c2)CC1. The van der Waals surface area contributed by atoms with Crippen molar-refractivity contribution in [2.45, 2.75) is 33.4 Å². The van der Waals surface area contributed by atoms with E-state index in [1.807, 2.05) is 26.0 Å². The summed E-state index contributed by atoms with van der Waals surface area (Å²) in [5.74, 6) is 0.525. The number of hydrogen-bond donors (Lipinski definition) is 1. The van der Waals surface area contributed by atoms with Crippen molar-refractivity contribution in [2.24, 2.45) is 0 Å². The standard InChI is InChI=1S/C20H28N4O4S2/c1-4-30(26,27)24-8-6-23(7-9-24)14-16-11-17(13-18(12-16)28-15(2)3)19(25)22-20-21-5-10-29-20/h5,10-13,15H,4,6-9,14H2,1-3H3,(H,21,22,25). The van der Waals surface area contributed by atoms with Gasteiger partial charge in [-0.05, 0) is 44.5 Å². The van der Waals surface area contributed by atoms with Crippen molar-refractivity contribution >= 4 is 32.4 Å². The molecule has 0 unspecified atom stereocenters. The third-order valence-electron chi connectivity index (χ3n) is 4.75. The molecule has 1 aliphatic heterocycles. The van der Waals surface area contributed by atoms with E-state index in [1.165, 1.54) is 11.3 Å². The lowest BCUT2D eigenvalue weighted by atomic mass is 10.1. The van der Waals surface area contributed by atoms with E-state index in [2.05, 4.69) is 15.2 Å². The molecule has 1 fully saturated rings. The zero-order chi connectivity index (χ0) is 21.7. The Morgan fingerprint density at radius 3 is 2.57 bits per heavy atom. The maximum absolute atomic E-state index is 12.7. The van der Waals surface area contributed by atoms with Crippen LogP contribution < -0.4 is 10.1 Å². The van der Waals surface area contributed by atoms with Gasteiger partial charge in [-0.3, -0.25) is 15.0 Å². The summed E-state index contributed by atoms with van der Waals surface area (Å²) in [6.07, 6.45) is 1.63. The third kappa shape index (κ3) is 6.00. The summed E-state index contributed by atoms with van der Waals surface area (Å²) in [5.41, 5.74) is 1.45. The Morgan fingerprint density at radius 2 is 1.97 bits per heavy atom. The molecule has 1 aromatic carbocycles. The predicted octanol–water partition coefficient (Wildman–Crippen LogP) is 2.65. The van der Waals surface area contributed by atoms with E-state index in [0.717, 1.165) is 5.56 Å². The highest BCUT2D eigenvalue weighted by atomic mass is 32.2. The van der Waals surface area contributed by atoms with Gasteiger partial charge in [0.2, 0.25) is 10.0 Å². The maximum Gasteiger partial charge on any atom is 0.257 e. The number of amides is 1. The van der Waals surface area contributed by atoms with Crippen LogP contribution in [0.15, 0.2) is 29.8 Å². The Bertz CT molecular complexity index is 953. The minimum absolute atomic E-state index is 0.0158.